The molecule has 0 aliphatic heterocycles. The second-order valence-electron chi connectivity index (χ2n) is 4.27. The van der Waals surface area contributed by atoms with Crippen LogP contribution in [-0.4, -0.2) is 33.6 Å². The first-order valence-corrected chi connectivity index (χ1v) is 8.45. The van der Waals surface area contributed by atoms with Gasteiger partial charge in [-0.25, -0.2) is 0 Å². The van der Waals surface area contributed by atoms with Gasteiger partial charge < -0.3 is 4.90 Å². The molecule has 92 valence electrons. The Morgan fingerprint density at radius 2 is 1.07 bits per heavy atom. The Balaban J connectivity index is -0.0000000651. The first kappa shape index (κ1) is 23.8. The van der Waals surface area contributed by atoms with Gasteiger partial charge in [0.25, 0.3) is 0 Å². The molecule has 0 fully saturated rings. The zero-order valence-electron chi connectivity index (χ0n) is 10.1. The van der Waals surface area contributed by atoms with E-state index in [1.165, 1.54) is 12.1 Å². The Morgan fingerprint density at radius 3 is 1.07 bits per heavy atom. The maximum absolute atomic E-state index is 2.44. The van der Waals surface area contributed by atoms with Crippen molar-refractivity contribution < 1.29 is 0 Å². The standard InChI is InChI=1S/C6H16Si.C4H11N.2CH4/c1-5-7(3,4)6-2;1-4-5(2)3;;/h5-6H2,1-4H3;4H2,1-3H3;2*1H4. The van der Waals surface area contributed by atoms with Crippen molar-refractivity contribution in [3.05, 3.63) is 0 Å². The van der Waals surface area contributed by atoms with Gasteiger partial charge in [-0.1, -0.05) is 60.8 Å². The largest absolute Gasteiger partial charge is 0.310 e. The lowest BCUT2D eigenvalue weighted by molar-refractivity contribution is 0.434. The topological polar surface area (TPSA) is 3.24 Å². The average Bonchev–Trinajstić information content (AvgIpc) is 2.05. The van der Waals surface area contributed by atoms with Crippen molar-refractivity contribution in [3.8, 4) is 0 Å². The van der Waals surface area contributed by atoms with E-state index in [1.807, 2.05) is 0 Å². The molecule has 0 rings (SSSR count). The summed E-state index contributed by atoms with van der Waals surface area (Å²) in [6.07, 6.45) is 0. The monoisotopic (exact) mass is 221 g/mol. The van der Waals surface area contributed by atoms with Crippen molar-refractivity contribution in [3.63, 3.8) is 0 Å². The number of rotatable bonds is 3. The predicted molar refractivity (Wildman–Crippen MR) is 76.1 cm³/mol. The molecule has 0 aliphatic rings. The molecule has 0 atom stereocenters. The lowest BCUT2D eigenvalue weighted by Crippen LogP contribution is -2.21. The number of nitrogens with zero attached hydrogens (tertiary/aromatic N) is 1. The summed E-state index contributed by atoms with van der Waals surface area (Å²) in [5.41, 5.74) is 0. The van der Waals surface area contributed by atoms with Crippen LogP contribution in [0.25, 0.3) is 0 Å². The summed E-state index contributed by atoms with van der Waals surface area (Å²) in [5, 5.41) is 0. The smallest absolute Gasteiger partial charge is 0.0468 e. The molecule has 0 aromatic rings. The molecular formula is C12H35NSi. The van der Waals surface area contributed by atoms with Crippen LogP contribution in [0.4, 0.5) is 0 Å². The van der Waals surface area contributed by atoms with E-state index in [4.69, 9.17) is 0 Å². The summed E-state index contributed by atoms with van der Waals surface area (Å²) in [6, 6.07) is 2.87. The van der Waals surface area contributed by atoms with Crippen LogP contribution in [0.15, 0.2) is 0 Å². The minimum Gasteiger partial charge on any atom is -0.310 e. The highest BCUT2D eigenvalue weighted by Crippen LogP contribution is 2.12. The molecule has 0 aliphatic carbocycles. The van der Waals surface area contributed by atoms with Crippen molar-refractivity contribution >= 4 is 8.07 Å². The SMILES string of the molecule is C.C.CCN(C)C.CC[Si](C)(C)CC. The fourth-order valence-electron chi connectivity index (χ4n) is 0.250. The second kappa shape index (κ2) is 13.2. The molecule has 14 heavy (non-hydrogen) atoms. The van der Waals surface area contributed by atoms with Gasteiger partial charge in [-0.2, -0.15) is 0 Å². The van der Waals surface area contributed by atoms with Gasteiger partial charge in [0.2, 0.25) is 0 Å². The molecule has 0 unspecified atom stereocenters. The molecule has 0 amide bonds. The summed E-state index contributed by atoms with van der Waals surface area (Å²) >= 11 is 0. The predicted octanol–water partition coefficient (Wildman–Crippen LogP) is 4.57. The van der Waals surface area contributed by atoms with Crippen molar-refractivity contribution in [2.45, 2.75) is 60.8 Å². The fraction of sp³-hybridized carbons (Fsp3) is 1.00. The first-order chi connectivity index (χ1) is 5.39. The number of hydrogen-bond acceptors (Lipinski definition) is 1. The van der Waals surface area contributed by atoms with Crippen molar-refractivity contribution in [1.29, 1.82) is 0 Å². The van der Waals surface area contributed by atoms with Crippen LogP contribution in [0, 0.1) is 0 Å². The Morgan fingerprint density at radius 1 is 0.857 bits per heavy atom. The van der Waals surface area contributed by atoms with E-state index in [0.717, 1.165) is 6.54 Å². The molecule has 0 aromatic heterocycles. The molecule has 1 nitrogen and oxygen atoms in total. The van der Waals surface area contributed by atoms with Crippen LogP contribution >= 0.6 is 0 Å². The summed E-state index contributed by atoms with van der Waals surface area (Å²) in [5.74, 6) is 0. The van der Waals surface area contributed by atoms with Crippen LogP contribution in [0.2, 0.25) is 25.2 Å². The second-order valence-corrected chi connectivity index (χ2v) is 10.0. The van der Waals surface area contributed by atoms with Crippen molar-refractivity contribution in [1.82, 2.24) is 4.90 Å². The summed E-state index contributed by atoms with van der Waals surface area (Å²) in [4.78, 5) is 2.12. The third-order valence-electron chi connectivity index (χ3n) is 2.55. The van der Waals surface area contributed by atoms with E-state index in [-0.39, 0.29) is 14.9 Å². The maximum atomic E-state index is 2.44. The van der Waals surface area contributed by atoms with Gasteiger partial charge in [-0.3, -0.25) is 0 Å². The zero-order chi connectivity index (χ0) is 10.2. The highest BCUT2D eigenvalue weighted by Gasteiger charge is 2.12. The van der Waals surface area contributed by atoms with Crippen LogP contribution < -0.4 is 0 Å². The highest BCUT2D eigenvalue weighted by molar-refractivity contribution is 6.77. The van der Waals surface area contributed by atoms with E-state index in [9.17, 15) is 0 Å². The minimum absolute atomic E-state index is 0. The summed E-state index contributed by atoms with van der Waals surface area (Å²) < 4.78 is 0. The van der Waals surface area contributed by atoms with Crippen molar-refractivity contribution in [2.24, 2.45) is 0 Å². The van der Waals surface area contributed by atoms with E-state index >= 15 is 0 Å². The Bertz CT molecular complexity index is 84.3. The highest BCUT2D eigenvalue weighted by atomic mass is 28.3. The lowest BCUT2D eigenvalue weighted by Gasteiger charge is -2.15. The van der Waals surface area contributed by atoms with Crippen LogP contribution in [-0.2, 0) is 0 Å². The molecule has 0 saturated carbocycles. The quantitative estimate of drug-likeness (QED) is 0.631. The van der Waals surface area contributed by atoms with E-state index in [2.05, 4.69) is 52.9 Å². The molecule has 0 saturated heterocycles. The summed E-state index contributed by atoms with van der Waals surface area (Å²) in [6.45, 7) is 12.7. The van der Waals surface area contributed by atoms with Crippen LogP contribution in [0.3, 0.4) is 0 Å². The molecule has 0 spiro atoms. The normalized spacial score (nSPS) is 9.43. The molecule has 0 bridgehead atoms. The minimum atomic E-state index is -0.651. The fourth-order valence-corrected chi connectivity index (χ4v) is 0.750. The van der Waals surface area contributed by atoms with Gasteiger partial charge in [0.05, 0.1) is 0 Å². The third-order valence-corrected chi connectivity index (χ3v) is 6.38. The molecular weight excluding hydrogens is 186 g/mol. The Kier molecular flexibility index (Phi) is 22.4. The molecule has 0 heterocycles. The zero-order valence-corrected chi connectivity index (χ0v) is 11.1. The van der Waals surface area contributed by atoms with Crippen LogP contribution in [0.1, 0.15) is 35.6 Å². The van der Waals surface area contributed by atoms with Gasteiger partial charge in [-0.05, 0) is 20.6 Å². The first-order valence-electron chi connectivity index (χ1n) is 5.04. The molecule has 0 N–H and O–H groups in total. The van der Waals surface area contributed by atoms with E-state index in [1.54, 1.807) is 0 Å². The summed E-state index contributed by atoms with van der Waals surface area (Å²) in [7, 11) is 3.46. The lowest BCUT2D eigenvalue weighted by atomic mass is 10.7. The van der Waals surface area contributed by atoms with Gasteiger partial charge in [0.15, 0.2) is 0 Å². The molecule has 0 aromatic carbocycles. The van der Waals surface area contributed by atoms with Gasteiger partial charge >= 0.3 is 0 Å². The van der Waals surface area contributed by atoms with Gasteiger partial charge in [0.1, 0.15) is 0 Å². The number of hydrogen-bond donors (Lipinski definition) is 0. The van der Waals surface area contributed by atoms with Crippen molar-refractivity contribution in [2.75, 3.05) is 20.6 Å². The molecule has 0 radical (unpaired) electrons. The van der Waals surface area contributed by atoms with E-state index < -0.39 is 8.07 Å². The van der Waals surface area contributed by atoms with Crippen LogP contribution in [0.5, 0.6) is 0 Å². The van der Waals surface area contributed by atoms with Gasteiger partial charge in [-0.15, -0.1) is 0 Å². The average molecular weight is 222 g/mol. The Labute approximate surface area is 94.9 Å². The maximum Gasteiger partial charge on any atom is 0.0468 e. The van der Waals surface area contributed by atoms with E-state index in [0.29, 0.717) is 0 Å². The van der Waals surface area contributed by atoms with Gasteiger partial charge in [0, 0.05) is 8.07 Å². The Hall–Kier alpha value is 0.177. The third kappa shape index (κ3) is 22.8. The molecule has 2 heteroatoms.